The fraction of sp³-hybridized carbons (Fsp3) is 0.240. The molecule has 0 fully saturated rings. The molecule has 0 saturated heterocycles. The molecule has 0 amide bonds. The Morgan fingerprint density at radius 1 is 1.16 bits per heavy atom. The SMILES string of the molecule is CCOC(=O)c1cccc(Cn2cnc3scc(-c4ccc(C(C)C)cc4)c3c2=O)c1. The molecule has 0 aliphatic heterocycles. The van der Waals surface area contributed by atoms with Crippen LogP contribution in [0.1, 0.15) is 48.2 Å². The first kappa shape index (κ1) is 21.0. The molecule has 5 nitrogen and oxygen atoms in total. The van der Waals surface area contributed by atoms with Crippen molar-refractivity contribution in [3.05, 3.63) is 87.3 Å². The molecular weight excluding hydrogens is 408 g/mol. The number of nitrogens with zero attached hydrogens (tertiary/aromatic N) is 2. The van der Waals surface area contributed by atoms with Gasteiger partial charge in [-0.15, -0.1) is 11.3 Å². The van der Waals surface area contributed by atoms with Gasteiger partial charge in [-0.3, -0.25) is 9.36 Å². The first-order valence-corrected chi connectivity index (χ1v) is 11.2. The van der Waals surface area contributed by atoms with E-state index in [9.17, 15) is 9.59 Å². The molecule has 0 atom stereocenters. The van der Waals surface area contributed by atoms with Gasteiger partial charge in [-0.25, -0.2) is 9.78 Å². The maximum Gasteiger partial charge on any atom is 0.338 e. The highest BCUT2D eigenvalue weighted by atomic mass is 32.1. The number of carbonyl (C=O) groups is 1. The third-order valence-electron chi connectivity index (χ3n) is 5.24. The van der Waals surface area contributed by atoms with Gasteiger partial charge in [0.05, 0.1) is 30.4 Å². The van der Waals surface area contributed by atoms with E-state index in [2.05, 4.69) is 43.1 Å². The van der Waals surface area contributed by atoms with Crippen LogP contribution in [0.15, 0.2) is 65.0 Å². The van der Waals surface area contributed by atoms with E-state index in [1.807, 2.05) is 11.4 Å². The van der Waals surface area contributed by atoms with Crippen LogP contribution < -0.4 is 5.56 Å². The number of ether oxygens (including phenoxy) is 1. The predicted molar refractivity (Wildman–Crippen MR) is 125 cm³/mol. The van der Waals surface area contributed by atoms with Crippen molar-refractivity contribution in [2.45, 2.75) is 33.2 Å². The van der Waals surface area contributed by atoms with Crippen LogP contribution in [0.2, 0.25) is 0 Å². The molecule has 6 heteroatoms. The Balaban J connectivity index is 1.70. The zero-order valence-corrected chi connectivity index (χ0v) is 18.6. The highest BCUT2D eigenvalue weighted by Gasteiger charge is 2.14. The van der Waals surface area contributed by atoms with E-state index in [-0.39, 0.29) is 11.5 Å². The molecule has 0 radical (unpaired) electrons. The van der Waals surface area contributed by atoms with Crippen LogP contribution in [0.25, 0.3) is 21.3 Å². The van der Waals surface area contributed by atoms with Gasteiger partial charge in [0.15, 0.2) is 0 Å². The molecule has 4 aromatic rings. The molecule has 2 heterocycles. The maximum atomic E-state index is 13.3. The molecule has 0 saturated carbocycles. The summed E-state index contributed by atoms with van der Waals surface area (Å²) in [6.45, 7) is 6.75. The molecule has 4 rings (SSSR count). The molecule has 0 aliphatic rings. The Labute approximate surface area is 185 Å². The largest absolute Gasteiger partial charge is 0.462 e. The van der Waals surface area contributed by atoms with Gasteiger partial charge in [0.25, 0.3) is 5.56 Å². The lowest BCUT2D eigenvalue weighted by molar-refractivity contribution is 0.0526. The third-order valence-corrected chi connectivity index (χ3v) is 6.13. The number of fused-ring (bicyclic) bond motifs is 1. The number of benzene rings is 2. The zero-order valence-electron chi connectivity index (χ0n) is 17.8. The van der Waals surface area contributed by atoms with Crippen molar-refractivity contribution < 1.29 is 9.53 Å². The van der Waals surface area contributed by atoms with E-state index in [1.54, 1.807) is 36.0 Å². The Bertz CT molecular complexity index is 1290. The molecule has 31 heavy (non-hydrogen) atoms. The molecule has 0 bridgehead atoms. The number of hydrogen-bond donors (Lipinski definition) is 0. The van der Waals surface area contributed by atoms with Crippen LogP contribution >= 0.6 is 11.3 Å². The molecule has 0 spiro atoms. The standard InChI is InChI=1S/C25H24N2O3S/c1-4-30-25(29)20-7-5-6-17(12-20)13-27-15-26-23-22(24(27)28)21(14-31-23)19-10-8-18(9-11-19)16(2)3/h5-12,14-16H,4,13H2,1-3H3. The van der Waals surface area contributed by atoms with Crippen LogP contribution in [0.3, 0.4) is 0 Å². The predicted octanol–water partition coefficient (Wildman–Crippen LogP) is 5.47. The van der Waals surface area contributed by atoms with E-state index in [0.29, 0.717) is 30.0 Å². The lowest BCUT2D eigenvalue weighted by Crippen LogP contribution is -2.21. The topological polar surface area (TPSA) is 61.2 Å². The summed E-state index contributed by atoms with van der Waals surface area (Å²) >= 11 is 1.47. The number of thiophene rings is 1. The van der Waals surface area contributed by atoms with E-state index < -0.39 is 0 Å². The monoisotopic (exact) mass is 432 g/mol. The minimum Gasteiger partial charge on any atom is -0.462 e. The van der Waals surface area contributed by atoms with Gasteiger partial charge in [-0.05, 0) is 41.7 Å². The van der Waals surface area contributed by atoms with Gasteiger partial charge < -0.3 is 4.74 Å². The first-order valence-electron chi connectivity index (χ1n) is 10.3. The summed E-state index contributed by atoms with van der Waals surface area (Å²) in [5.74, 6) is 0.0905. The van der Waals surface area contributed by atoms with Crippen LogP contribution in [-0.4, -0.2) is 22.1 Å². The number of rotatable bonds is 6. The van der Waals surface area contributed by atoms with Crippen LogP contribution in [-0.2, 0) is 11.3 Å². The third kappa shape index (κ3) is 4.30. The highest BCUT2D eigenvalue weighted by Crippen LogP contribution is 2.31. The van der Waals surface area contributed by atoms with Crippen molar-refractivity contribution in [3.63, 3.8) is 0 Å². The number of carbonyl (C=O) groups excluding carboxylic acids is 1. The van der Waals surface area contributed by atoms with E-state index in [4.69, 9.17) is 4.74 Å². The fourth-order valence-electron chi connectivity index (χ4n) is 3.55. The fourth-order valence-corrected chi connectivity index (χ4v) is 4.45. The summed E-state index contributed by atoms with van der Waals surface area (Å²) in [6.07, 6.45) is 1.57. The Kier molecular flexibility index (Phi) is 6.00. The van der Waals surface area contributed by atoms with Crippen LogP contribution in [0.5, 0.6) is 0 Å². The number of aromatic nitrogens is 2. The highest BCUT2D eigenvalue weighted by molar-refractivity contribution is 7.17. The summed E-state index contributed by atoms with van der Waals surface area (Å²) in [5.41, 5.74) is 4.41. The van der Waals surface area contributed by atoms with Gasteiger partial charge >= 0.3 is 5.97 Å². The minimum atomic E-state index is -0.366. The molecule has 2 aromatic heterocycles. The van der Waals surface area contributed by atoms with E-state index in [0.717, 1.165) is 21.5 Å². The normalized spacial score (nSPS) is 11.2. The van der Waals surface area contributed by atoms with Crippen LogP contribution in [0.4, 0.5) is 0 Å². The second-order valence-corrected chi connectivity index (χ2v) is 8.56. The molecule has 0 N–H and O–H groups in total. The summed E-state index contributed by atoms with van der Waals surface area (Å²) in [7, 11) is 0. The van der Waals surface area contributed by atoms with Crippen molar-refractivity contribution in [3.8, 4) is 11.1 Å². The van der Waals surface area contributed by atoms with Gasteiger partial charge in [0.2, 0.25) is 0 Å². The number of hydrogen-bond acceptors (Lipinski definition) is 5. The van der Waals surface area contributed by atoms with Gasteiger partial charge in [0, 0.05) is 10.9 Å². The van der Waals surface area contributed by atoms with Crippen molar-refractivity contribution in [2.24, 2.45) is 0 Å². The maximum absolute atomic E-state index is 13.3. The average molecular weight is 433 g/mol. The molecule has 2 aromatic carbocycles. The lowest BCUT2D eigenvalue weighted by Gasteiger charge is -2.09. The Morgan fingerprint density at radius 3 is 2.65 bits per heavy atom. The average Bonchev–Trinajstić information content (AvgIpc) is 3.21. The summed E-state index contributed by atoms with van der Waals surface area (Å²) < 4.78 is 6.66. The molecule has 158 valence electrons. The van der Waals surface area contributed by atoms with Crippen LogP contribution in [0, 0.1) is 0 Å². The second kappa shape index (κ2) is 8.86. The Hall–Kier alpha value is -3.25. The molecular formula is C25H24N2O3S. The van der Waals surface area contributed by atoms with Crippen molar-refractivity contribution in [1.82, 2.24) is 9.55 Å². The Morgan fingerprint density at radius 2 is 1.94 bits per heavy atom. The smallest absolute Gasteiger partial charge is 0.338 e. The van der Waals surface area contributed by atoms with Gasteiger partial charge in [0.1, 0.15) is 4.83 Å². The van der Waals surface area contributed by atoms with Crippen molar-refractivity contribution >= 4 is 27.5 Å². The quantitative estimate of drug-likeness (QED) is 0.379. The van der Waals surface area contributed by atoms with Gasteiger partial charge in [-0.2, -0.15) is 0 Å². The second-order valence-electron chi connectivity index (χ2n) is 7.70. The van der Waals surface area contributed by atoms with Crippen molar-refractivity contribution in [2.75, 3.05) is 6.61 Å². The first-order chi connectivity index (χ1) is 15.0. The summed E-state index contributed by atoms with van der Waals surface area (Å²) in [6, 6.07) is 15.5. The van der Waals surface area contributed by atoms with E-state index in [1.165, 1.54) is 16.9 Å². The number of esters is 1. The summed E-state index contributed by atoms with van der Waals surface area (Å²) in [4.78, 5) is 30.6. The minimum absolute atomic E-state index is 0.0873. The zero-order chi connectivity index (χ0) is 22.0. The molecule has 0 unspecified atom stereocenters. The molecule has 0 aliphatic carbocycles. The lowest BCUT2D eigenvalue weighted by atomic mass is 9.99. The summed E-state index contributed by atoms with van der Waals surface area (Å²) in [5, 5.41) is 2.63. The van der Waals surface area contributed by atoms with Gasteiger partial charge in [-0.1, -0.05) is 50.2 Å². The van der Waals surface area contributed by atoms with Crippen molar-refractivity contribution in [1.29, 1.82) is 0 Å². The van der Waals surface area contributed by atoms with E-state index >= 15 is 0 Å².